The summed E-state index contributed by atoms with van der Waals surface area (Å²) in [4.78, 5) is 16.0. The van der Waals surface area contributed by atoms with E-state index < -0.39 is 5.91 Å². The first kappa shape index (κ1) is 15.0. The van der Waals surface area contributed by atoms with E-state index in [1.807, 2.05) is 43.3 Å². The number of nitrogens with zero attached hydrogens (tertiary/aromatic N) is 1. The van der Waals surface area contributed by atoms with E-state index >= 15 is 0 Å². The lowest BCUT2D eigenvalue weighted by Crippen LogP contribution is -2.24. The Balaban J connectivity index is 2.18. The van der Waals surface area contributed by atoms with Crippen LogP contribution in [-0.2, 0) is 6.42 Å². The quantitative estimate of drug-likeness (QED) is 0.856. The van der Waals surface area contributed by atoms with Crippen molar-refractivity contribution in [3.05, 3.63) is 59.4 Å². The number of amides is 1. The number of anilines is 1. The minimum Gasteiger partial charge on any atom is -0.382 e. The van der Waals surface area contributed by atoms with Crippen molar-refractivity contribution < 1.29 is 4.79 Å². The molecule has 0 radical (unpaired) electrons. The van der Waals surface area contributed by atoms with Crippen molar-refractivity contribution in [3.8, 4) is 0 Å². The highest BCUT2D eigenvalue weighted by Crippen LogP contribution is 2.15. The third-order valence-corrected chi connectivity index (χ3v) is 3.46. The van der Waals surface area contributed by atoms with Gasteiger partial charge >= 0.3 is 0 Å². The van der Waals surface area contributed by atoms with E-state index in [-0.39, 0.29) is 6.04 Å². The van der Waals surface area contributed by atoms with Crippen LogP contribution < -0.4 is 11.1 Å². The summed E-state index contributed by atoms with van der Waals surface area (Å²) in [7, 11) is 0. The summed E-state index contributed by atoms with van der Waals surface area (Å²) >= 11 is 0. The molecule has 0 aliphatic rings. The number of rotatable bonds is 6. The number of benzene rings is 1. The second-order valence-corrected chi connectivity index (χ2v) is 5.13. The maximum absolute atomic E-state index is 11.5. The molecule has 1 amide bonds. The number of aryl methyl sites for hydroxylation is 1. The van der Waals surface area contributed by atoms with Crippen LogP contribution >= 0.6 is 0 Å². The molecule has 4 heteroatoms. The maximum Gasteiger partial charge on any atom is 0.250 e. The second kappa shape index (κ2) is 6.88. The molecule has 1 aromatic carbocycles. The molecule has 1 heterocycles. The van der Waals surface area contributed by atoms with Gasteiger partial charge in [-0.3, -0.25) is 9.78 Å². The van der Waals surface area contributed by atoms with Crippen LogP contribution in [0.2, 0.25) is 0 Å². The Bertz CT molecular complexity index is 611. The highest BCUT2D eigenvalue weighted by Gasteiger charge is 2.15. The number of nitrogens with one attached hydrogen (secondary N) is 1. The van der Waals surface area contributed by atoms with Gasteiger partial charge in [0.05, 0.1) is 11.3 Å². The summed E-state index contributed by atoms with van der Waals surface area (Å²) in [5.74, 6) is -0.424. The van der Waals surface area contributed by atoms with E-state index in [2.05, 4.69) is 17.2 Å². The number of aromatic nitrogens is 1. The van der Waals surface area contributed by atoms with Crippen LogP contribution in [0.4, 0.5) is 5.69 Å². The molecule has 3 N–H and O–H groups in total. The van der Waals surface area contributed by atoms with E-state index in [0.29, 0.717) is 12.0 Å². The number of carbonyl (C=O) groups excluding carboxylic acids is 1. The monoisotopic (exact) mass is 283 g/mol. The minimum absolute atomic E-state index is 0.208. The van der Waals surface area contributed by atoms with Crippen LogP contribution in [0.25, 0.3) is 0 Å². The summed E-state index contributed by atoms with van der Waals surface area (Å²) in [6.45, 7) is 4.03. The first-order chi connectivity index (χ1) is 10.1. The van der Waals surface area contributed by atoms with Crippen LogP contribution in [0.5, 0.6) is 0 Å². The van der Waals surface area contributed by atoms with Gasteiger partial charge in [-0.05, 0) is 37.6 Å². The van der Waals surface area contributed by atoms with Crippen LogP contribution in [0.3, 0.4) is 0 Å². The van der Waals surface area contributed by atoms with Gasteiger partial charge in [0, 0.05) is 23.8 Å². The van der Waals surface area contributed by atoms with Crippen molar-refractivity contribution in [1.29, 1.82) is 0 Å². The van der Waals surface area contributed by atoms with Crippen LogP contribution in [0.15, 0.2) is 42.5 Å². The normalized spacial score (nSPS) is 11.9. The van der Waals surface area contributed by atoms with Crippen LogP contribution in [-0.4, -0.2) is 16.9 Å². The fraction of sp³-hybridized carbons (Fsp3) is 0.294. The third-order valence-electron chi connectivity index (χ3n) is 3.46. The number of hydrogen-bond acceptors (Lipinski definition) is 3. The Kier molecular flexibility index (Phi) is 4.93. The Labute approximate surface area is 125 Å². The minimum atomic E-state index is -0.424. The Morgan fingerprint density at radius 3 is 2.57 bits per heavy atom. The second-order valence-electron chi connectivity index (χ2n) is 5.13. The molecule has 1 aromatic heterocycles. The number of nitrogens with two attached hydrogens (primary N) is 1. The van der Waals surface area contributed by atoms with Crippen molar-refractivity contribution in [2.45, 2.75) is 32.7 Å². The SMILES string of the molecule is CCC(Cc1nc(C)ccc1C(N)=O)Nc1ccccc1. The molecular formula is C17H21N3O. The van der Waals surface area contributed by atoms with Crippen molar-refractivity contribution in [2.75, 3.05) is 5.32 Å². The predicted molar refractivity (Wildman–Crippen MR) is 85.3 cm³/mol. The maximum atomic E-state index is 11.5. The van der Waals surface area contributed by atoms with Crippen molar-refractivity contribution in [2.24, 2.45) is 5.73 Å². The van der Waals surface area contributed by atoms with Gasteiger partial charge in [0.2, 0.25) is 0 Å². The molecule has 0 saturated carbocycles. The summed E-state index contributed by atoms with van der Waals surface area (Å²) in [6.07, 6.45) is 1.61. The Morgan fingerprint density at radius 2 is 1.95 bits per heavy atom. The molecule has 0 aliphatic carbocycles. The van der Waals surface area contributed by atoms with Gasteiger partial charge in [-0.1, -0.05) is 25.1 Å². The molecule has 0 saturated heterocycles. The first-order valence-corrected chi connectivity index (χ1v) is 7.18. The summed E-state index contributed by atoms with van der Waals surface area (Å²) in [5, 5.41) is 3.47. The summed E-state index contributed by atoms with van der Waals surface area (Å²) in [5.41, 5.74) is 8.67. The predicted octanol–water partition coefficient (Wildman–Crippen LogP) is 2.92. The summed E-state index contributed by atoms with van der Waals surface area (Å²) < 4.78 is 0. The molecule has 0 bridgehead atoms. The van der Waals surface area contributed by atoms with Gasteiger partial charge in [-0.25, -0.2) is 0 Å². The highest BCUT2D eigenvalue weighted by atomic mass is 16.1. The summed E-state index contributed by atoms with van der Waals surface area (Å²) in [6, 6.07) is 13.8. The van der Waals surface area contributed by atoms with Crippen molar-refractivity contribution in [3.63, 3.8) is 0 Å². The van der Waals surface area contributed by atoms with Crippen LogP contribution in [0.1, 0.15) is 35.1 Å². The molecule has 110 valence electrons. The standard InChI is InChI=1S/C17H21N3O/c1-3-13(20-14-7-5-4-6-8-14)11-16-15(17(18)21)10-9-12(2)19-16/h4-10,13,20H,3,11H2,1-2H3,(H2,18,21). The average Bonchev–Trinajstić information content (AvgIpc) is 2.47. The third kappa shape index (κ3) is 4.05. The number of carbonyl (C=O) groups is 1. The smallest absolute Gasteiger partial charge is 0.250 e. The van der Waals surface area contributed by atoms with Gasteiger partial charge in [0.1, 0.15) is 0 Å². The lowest BCUT2D eigenvalue weighted by molar-refractivity contribution is 0.0999. The molecular weight excluding hydrogens is 262 g/mol. The molecule has 2 rings (SSSR count). The van der Waals surface area contributed by atoms with Crippen molar-refractivity contribution >= 4 is 11.6 Å². The fourth-order valence-corrected chi connectivity index (χ4v) is 2.29. The van der Waals surface area contributed by atoms with Crippen molar-refractivity contribution in [1.82, 2.24) is 4.98 Å². The fourth-order valence-electron chi connectivity index (χ4n) is 2.29. The van der Waals surface area contributed by atoms with E-state index in [4.69, 9.17) is 5.73 Å². The molecule has 1 atom stereocenters. The van der Waals surface area contributed by atoms with E-state index in [9.17, 15) is 4.79 Å². The number of para-hydroxylation sites is 1. The topological polar surface area (TPSA) is 68.0 Å². The molecule has 0 fully saturated rings. The van der Waals surface area contributed by atoms with Gasteiger partial charge in [0.25, 0.3) is 5.91 Å². The Hall–Kier alpha value is -2.36. The Morgan fingerprint density at radius 1 is 1.24 bits per heavy atom. The molecule has 2 aromatic rings. The molecule has 0 spiro atoms. The zero-order chi connectivity index (χ0) is 15.2. The number of pyridine rings is 1. The zero-order valence-corrected chi connectivity index (χ0v) is 12.5. The van der Waals surface area contributed by atoms with E-state index in [0.717, 1.165) is 23.5 Å². The number of hydrogen-bond donors (Lipinski definition) is 2. The van der Waals surface area contributed by atoms with Crippen LogP contribution in [0, 0.1) is 6.92 Å². The van der Waals surface area contributed by atoms with Gasteiger partial charge in [-0.2, -0.15) is 0 Å². The van der Waals surface area contributed by atoms with E-state index in [1.165, 1.54) is 0 Å². The largest absolute Gasteiger partial charge is 0.382 e. The molecule has 4 nitrogen and oxygen atoms in total. The van der Waals surface area contributed by atoms with Gasteiger partial charge < -0.3 is 11.1 Å². The van der Waals surface area contributed by atoms with Gasteiger partial charge in [0.15, 0.2) is 0 Å². The number of primary amides is 1. The zero-order valence-electron chi connectivity index (χ0n) is 12.5. The lowest BCUT2D eigenvalue weighted by atomic mass is 10.0. The molecule has 21 heavy (non-hydrogen) atoms. The first-order valence-electron chi connectivity index (χ1n) is 7.18. The van der Waals surface area contributed by atoms with E-state index in [1.54, 1.807) is 6.07 Å². The lowest BCUT2D eigenvalue weighted by Gasteiger charge is -2.19. The molecule has 0 aliphatic heterocycles. The average molecular weight is 283 g/mol. The highest BCUT2D eigenvalue weighted by molar-refractivity contribution is 5.93. The van der Waals surface area contributed by atoms with Gasteiger partial charge in [-0.15, -0.1) is 0 Å². The molecule has 1 unspecified atom stereocenters.